The van der Waals surface area contributed by atoms with Crippen molar-refractivity contribution >= 4 is 28.5 Å². The van der Waals surface area contributed by atoms with Gasteiger partial charge in [0.05, 0.1) is 14.2 Å². The maximum atomic E-state index is 11.4. The number of carbonyl (C=O) groups is 1. The first-order valence-corrected chi connectivity index (χ1v) is 8.59. The molecule has 2 unspecified atom stereocenters. The molecule has 0 heterocycles. The number of nitroso groups, excluding NO2 is 1. The Morgan fingerprint density at radius 3 is 2.54 bits per heavy atom. The van der Waals surface area contributed by atoms with E-state index >= 15 is 0 Å². The van der Waals surface area contributed by atoms with Gasteiger partial charge < -0.3 is 9.47 Å². The van der Waals surface area contributed by atoms with Crippen LogP contribution in [0.25, 0.3) is 10.8 Å². The normalized spacial score (nSPS) is 13.3. The molecule has 6 heteroatoms. The molecule has 0 aliphatic carbocycles. The smallest absolute Gasteiger partial charge is 0.305 e. The molecule has 5 nitrogen and oxygen atoms in total. The van der Waals surface area contributed by atoms with Crippen molar-refractivity contribution in [1.29, 1.82) is 0 Å². The summed E-state index contributed by atoms with van der Waals surface area (Å²) in [7, 11) is 3.01. The average molecular weight is 347 g/mol. The monoisotopic (exact) mass is 347 g/mol. The first kappa shape index (κ1) is 18.3. The zero-order valence-electron chi connectivity index (χ0n) is 14.0. The van der Waals surface area contributed by atoms with Gasteiger partial charge >= 0.3 is 5.97 Å². The van der Waals surface area contributed by atoms with Gasteiger partial charge in [-0.1, -0.05) is 17.3 Å². The van der Waals surface area contributed by atoms with Crippen LogP contribution in [0.3, 0.4) is 0 Å². The summed E-state index contributed by atoms with van der Waals surface area (Å²) in [6.07, 6.45) is 0.823. The molecule has 0 saturated heterocycles. The maximum Gasteiger partial charge on any atom is 0.305 e. The lowest BCUT2D eigenvalue weighted by molar-refractivity contribution is -0.140. The third-order valence-electron chi connectivity index (χ3n) is 3.87. The van der Waals surface area contributed by atoms with E-state index in [0.717, 1.165) is 21.4 Å². The van der Waals surface area contributed by atoms with Gasteiger partial charge in [0.15, 0.2) is 0 Å². The number of nitrogens with zero attached hydrogens (tertiary/aromatic N) is 1. The van der Waals surface area contributed by atoms with E-state index in [1.54, 1.807) is 25.8 Å². The van der Waals surface area contributed by atoms with E-state index < -0.39 is 0 Å². The van der Waals surface area contributed by atoms with E-state index in [1.807, 2.05) is 30.3 Å². The molecule has 0 saturated carbocycles. The zero-order chi connectivity index (χ0) is 17.5. The third-order valence-corrected chi connectivity index (χ3v) is 5.33. The van der Waals surface area contributed by atoms with Gasteiger partial charge in [0, 0.05) is 16.6 Å². The highest BCUT2D eigenvalue weighted by molar-refractivity contribution is 8.00. The van der Waals surface area contributed by atoms with E-state index in [0.29, 0.717) is 6.42 Å². The molecule has 0 N–H and O–H groups in total. The van der Waals surface area contributed by atoms with Crippen LogP contribution in [0.5, 0.6) is 5.75 Å². The van der Waals surface area contributed by atoms with Crippen molar-refractivity contribution in [3.63, 3.8) is 0 Å². The van der Waals surface area contributed by atoms with Crippen LogP contribution in [0.4, 0.5) is 0 Å². The number of rotatable bonds is 8. The summed E-state index contributed by atoms with van der Waals surface area (Å²) in [4.78, 5) is 23.3. The average Bonchev–Trinajstić information content (AvgIpc) is 2.63. The fourth-order valence-electron chi connectivity index (χ4n) is 2.41. The van der Waals surface area contributed by atoms with Crippen molar-refractivity contribution in [2.24, 2.45) is 5.18 Å². The van der Waals surface area contributed by atoms with Crippen LogP contribution in [-0.4, -0.2) is 31.5 Å². The molecule has 2 aromatic carbocycles. The number of hydrogen-bond donors (Lipinski definition) is 0. The Labute approximate surface area is 145 Å². The molecule has 24 heavy (non-hydrogen) atoms. The predicted octanol–water partition coefficient (Wildman–Crippen LogP) is 4.42. The highest BCUT2D eigenvalue weighted by Crippen LogP contribution is 2.32. The van der Waals surface area contributed by atoms with E-state index in [1.165, 1.54) is 7.11 Å². The van der Waals surface area contributed by atoms with E-state index in [-0.39, 0.29) is 23.7 Å². The predicted molar refractivity (Wildman–Crippen MR) is 96.7 cm³/mol. The van der Waals surface area contributed by atoms with Crippen LogP contribution in [0.2, 0.25) is 0 Å². The maximum absolute atomic E-state index is 11.4. The second-order valence-corrected chi connectivity index (χ2v) is 6.80. The molecule has 0 spiro atoms. The summed E-state index contributed by atoms with van der Waals surface area (Å²) >= 11 is 1.57. The number of esters is 1. The van der Waals surface area contributed by atoms with Gasteiger partial charge in [0.2, 0.25) is 0 Å². The van der Waals surface area contributed by atoms with Crippen molar-refractivity contribution in [2.45, 2.75) is 36.0 Å². The van der Waals surface area contributed by atoms with Crippen molar-refractivity contribution in [3.05, 3.63) is 41.3 Å². The fourth-order valence-corrected chi connectivity index (χ4v) is 3.58. The Morgan fingerprint density at radius 2 is 1.88 bits per heavy atom. The van der Waals surface area contributed by atoms with E-state index in [2.05, 4.69) is 16.0 Å². The lowest BCUT2D eigenvalue weighted by Gasteiger charge is -2.18. The largest absolute Gasteiger partial charge is 0.497 e. The molecule has 0 fully saturated rings. The number of methoxy groups -OCH3 is 2. The van der Waals surface area contributed by atoms with Crippen LogP contribution in [-0.2, 0) is 9.53 Å². The molecule has 0 bridgehead atoms. The summed E-state index contributed by atoms with van der Waals surface area (Å²) < 4.78 is 9.91. The van der Waals surface area contributed by atoms with E-state index in [9.17, 15) is 9.70 Å². The molecule has 2 aromatic rings. The van der Waals surface area contributed by atoms with Gasteiger partial charge in [-0.15, -0.1) is 11.8 Å². The second kappa shape index (κ2) is 8.68. The van der Waals surface area contributed by atoms with Gasteiger partial charge in [0.25, 0.3) is 0 Å². The van der Waals surface area contributed by atoms with Crippen molar-refractivity contribution in [1.82, 2.24) is 0 Å². The van der Waals surface area contributed by atoms with Gasteiger partial charge in [-0.25, -0.2) is 0 Å². The topological polar surface area (TPSA) is 65.0 Å². The van der Waals surface area contributed by atoms with Gasteiger partial charge in [-0.3, -0.25) is 4.79 Å². The lowest BCUT2D eigenvalue weighted by atomic mass is 10.1. The Balaban J connectivity index is 2.16. The van der Waals surface area contributed by atoms with Crippen LogP contribution in [0.1, 0.15) is 19.8 Å². The summed E-state index contributed by atoms with van der Waals surface area (Å²) in [5, 5.41) is 5.25. The van der Waals surface area contributed by atoms with Crippen molar-refractivity contribution in [3.8, 4) is 5.75 Å². The summed E-state index contributed by atoms with van der Waals surface area (Å²) in [6, 6.07) is 11.6. The first-order chi connectivity index (χ1) is 11.6. The standard InChI is InChI=1S/C18H21NO4S/c1-12(19-21)17(8-9-18(20)23-3)24-16-7-5-13-10-15(22-2)6-4-14(13)11-16/h4-7,10-12,17H,8-9H2,1-3H3. The summed E-state index contributed by atoms with van der Waals surface area (Å²) in [5.41, 5.74) is 0. The highest BCUT2D eigenvalue weighted by Gasteiger charge is 2.21. The number of fused-ring (bicyclic) bond motifs is 1. The molecular weight excluding hydrogens is 326 g/mol. The third kappa shape index (κ3) is 4.71. The van der Waals surface area contributed by atoms with Crippen LogP contribution >= 0.6 is 11.8 Å². The number of thioether (sulfide) groups is 1. The van der Waals surface area contributed by atoms with Crippen LogP contribution < -0.4 is 4.74 Å². The molecule has 0 aromatic heterocycles. The Hall–Kier alpha value is -2.08. The number of ether oxygens (including phenoxy) is 2. The molecule has 0 radical (unpaired) electrons. The molecule has 2 atom stereocenters. The Kier molecular flexibility index (Phi) is 6.61. The Bertz CT molecular complexity index is 719. The highest BCUT2D eigenvalue weighted by atomic mass is 32.2. The first-order valence-electron chi connectivity index (χ1n) is 7.71. The minimum Gasteiger partial charge on any atom is -0.497 e. The number of carbonyl (C=O) groups excluding carboxylic acids is 1. The quantitative estimate of drug-likeness (QED) is 0.402. The second-order valence-electron chi connectivity index (χ2n) is 5.49. The fraction of sp³-hybridized carbons (Fsp3) is 0.389. The minimum absolute atomic E-state index is 0.0719. The molecule has 0 amide bonds. The minimum atomic E-state index is -0.383. The number of hydrogen-bond acceptors (Lipinski definition) is 6. The van der Waals surface area contributed by atoms with Crippen LogP contribution in [0, 0.1) is 4.91 Å². The SMILES string of the molecule is COC(=O)CCC(Sc1ccc2cc(OC)ccc2c1)C(C)N=O. The molecular formula is C18H21NO4S. The van der Waals surface area contributed by atoms with Gasteiger partial charge in [-0.05, 0) is 48.4 Å². The number of benzene rings is 2. The molecule has 0 aliphatic rings. The van der Waals surface area contributed by atoms with Gasteiger partial charge in [0.1, 0.15) is 11.8 Å². The Morgan fingerprint density at radius 1 is 1.17 bits per heavy atom. The zero-order valence-corrected chi connectivity index (χ0v) is 14.8. The summed E-state index contributed by atoms with van der Waals surface area (Å²) in [5.74, 6) is 0.543. The van der Waals surface area contributed by atoms with E-state index in [4.69, 9.17) is 4.74 Å². The lowest BCUT2D eigenvalue weighted by Crippen LogP contribution is -2.19. The summed E-state index contributed by atoms with van der Waals surface area (Å²) in [6.45, 7) is 1.77. The molecule has 2 rings (SSSR count). The molecule has 0 aliphatic heterocycles. The molecule has 128 valence electrons. The van der Waals surface area contributed by atoms with Crippen molar-refractivity contribution < 1.29 is 14.3 Å². The van der Waals surface area contributed by atoms with Crippen LogP contribution in [0.15, 0.2) is 46.5 Å². The van der Waals surface area contributed by atoms with Gasteiger partial charge in [-0.2, -0.15) is 4.91 Å². The van der Waals surface area contributed by atoms with Crippen molar-refractivity contribution in [2.75, 3.05) is 14.2 Å².